The molecular formula is C20H15NO2S. The number of nitriles is 1. The lowest BCUT2D eigenvalue weighted by atomic mass is 10.0. The van der Waals surface area contributed by atoms with E-state index in [0.717, 1.165) is 16.5 Å². The number of hydrogen-bond acceptors (Lipinski definition) is 4. The number of thioether (sulfide) groups is 1. The van der Waals surface area contributed by atoms with Crippen LogP contribution in [0, 0.1) is 18.3 Å². The molecule has 0 radical (unpaired) electrons. The molecule has 0 aliphatic rings. The zero-order valence-electron chi connectivity index (χ0n) is 13.4. The van der Waals surface area contributed by atoms with Crippen molar-refractivity contribution in [2.75, 3.05) is 6.26 Å². The summed E-state index contributed by atoms with van der Waals surface area (Å²) in [5.41, 5.74) is 2.56. The van der Waals surface area contributed by atoms with Gasteiger partial charge in [0.2, 0.25) is 0 Å². The van der Waals surface area contributed by atoms with Gasteiger partial charge in [-0.15, -0.1) is 11.8 Å². The summed E-state index contributed by atoms with van der Waals surface area (Å²) in [6.07, 6.45) is 5.74. The zero-order valence-corrected chi connectivity index (χ0v) is 14.2. The van der Waals surface area contributed by atoms with Crippen LogP contribution >= 0.6 is 11.8 Å². The number of aryl methyl sites for hydroxylation is 1. The molecule has 0 spiro atoms. The highest BCUT2D eigenvalue weighted by Gasteiger charge is 2.12. The molecule has 1 heterocycles. The van der Waals surface area contributed by atoms with E-state index in [1.807, 2.05) is 67.8 Å². The highest BCUT2D eigenvalue weighted by atomic mass is 32.2. The topological polar surface area (TPSA) is 54.0 Å². The Kier molecular flexibility index (Phi) is 4.54. The lowest BCUT2D eigenvalue weighted by molar-refractivity contribution is 0.558. The maximum Gasteiger partial charge on any atom is 0.354 e. The van der Waals surface area contributed by atoms with Gasteiger partial charge in [0.25, 0.3) is 0 Å². The van der Waals surface area contributed by atoms with Crippen molar-refractivity contribution in [1.29, 1.82) is 5.26 Å². The average Bonchev–Trinajstić information content (AvgIpc) is 2.60. The number of benzene rings is 2. The summed E-state index contributed by atoms with van der Waals surface area (Å²) in [5.74, 6) is 0. The van der Waals surface area contributed by atoms with Crippen molar-refractivity contribution in [2.24, 2.45) is 0 Å². The molecular weight excluding hydrogens is 318 g/mol. The van der Waals surface area contributed by atoms with E-state index in [9.17, 15) is 10.1 Å². The molecule has 24 heavy (non-hydrogen) atoms. The Labute approximate surface area is 144 Å². The summed E-state index contributed by atoms with van der Waals surface area (Å²) in [6, 6.07) is 15.6. The Bertz CT molecular complexity index is 1020. The first-order valence-electron chi connectivity index (χ1n) is 7.42. The number of hydrogen-bond donors (Lipinski definition) is 0. The SMILES string of the molecule is CSc1ccc(/C=C\c2c(C#N)c(=O)oc3ccc(C)cc23)cc1. The smallest absolute Gasteiger partial charge is 0.354 e. The van der Waals surface area contributed by atoms with Crippen molar-refractivity contribution in [3.63, 3.8) is 0 Å². The minimum absolute atomic E-state index is 0.0325. The third-order valence-corrected chi connectivity index (χ3v) is 4.51. The molecule has 0 bridgehead atoms. The van der Waals surface area contributed by atoms with Crippen molar-refractivity contribution >= 4 is 34.9 Å². The van der Waals surface area contributed by atoms with Crippen LogP contribution in [0.25, 0.3) is 23.1 Å². The van der Waals surface area contributed by atoms with E-state index in [0.29, 0.717) is 11.1 Å². The van der Waals surface area contributed by atoms with E-state index in [-0.39, 0.29) is 5.56 Å². The average molecular weight is 333 g/mol. The molecule has 0 atom stereocenters. The van der Waals surface area contributed by atoms with Gasteiger partial charge in [0.1, 0.15) is 17.2 Å². The largest absolute Gasteiger partial charge is 0.422 e. The van der Waals surface area contributed by atoms with Gasteiger partial charge in [0, 0.05) is 15.8 Å². The van der Waals surface area contributed by atoms with Gasteiger partial charge in [0.05, 0.1) is 0 Å². The lowest BCUT2D eigenvalue weighted by Crippen LogP contribution is -2.06. The van der Waals surface area contributed by atoms with Crippen molar-refractivity contribution in [2.45, 2.75) is 11.8 Å². The van der Waals surface area contributed by atoms with Crippen molar-refractivity contribution in [1.82, 2.24) is 0 Å². The molecule has 0 saturated carbocycles. The fourth-order valence-electron chi connectivity index (χ4n) is 2.51. The van der Waals surface area contributed by atoms with Crippen LogP contribution in [-0.2, 0) is 0 Å². The zero-order chi connectivity index (χ0) is 17.1. The second kappa shape index (κ2) is 6.77. The van der Waals surface area contributed by atoms with Crippen LogP contribution in [0.4, 0.5) is 0 Å². The van der Waals surface area contributed by atoms with Gasteiger partial charge < -0.3 is 4.42 Å². The van der Waals surface area contributed by atoms with E-state index in [4.69, 9.17) is 4.42 Å². The molecule has 0 N–H and O–H groups in total. The van der Waals surface area contributed by atoms with Crippen LogP contribution in [0.15, 0.2) is 56.6 Å². The van der Waals surface area contributed by atoms with Crippen molar-refractivity contribution < 1.29 is 4.42 Å². The molecule has 3 nitrogen and oxygen atoms in total. The first-order chi connectivity index (χ1) is 11.6. The highest BCUT2D eigenvalue weighted by Crippen LogP contribution is 2.24. The highest BCUT2D eigenvalue weighted by molar-refractivity contribution is 7.98. The van der Waals surface area contributed by atoms with Gasteiger partial charge in [0.15, 0.2) is 0 Å². The summed E-state index contributed by atoms with van der Waals surface area (Å²) in [5, 5.41) is 10.1. The Morgan fingerprint density at radius 2 is 1.88 bits per heavy atom. The maximum atomic E-state index is 12.0. The second-order valence-corrected chi connectivity index (χ2v) is 6.28. The van der Waals surface area contributed by atoms with Gasteiger partial charge in [-0.3, -0.25) is 0 Å². The summed E-state index contributed by atoms with van der Waals surface area (Å²) in [4.78, 5) is 13.2. The van der Waals surface area contributed by atoms with Gasteiger partial charge >= 0.3 is 5.63 Å². The van der Waals surface area contributed by atoms with E-state index in [1.54, 1.807) is 17.8 Å². The molecule has 118 valence electrons. The summed E-state index contributed by atoms with van der Waals surface area (Å²) < 4.78 is 5.25. The number of nitrogens with zero attached hydrogens (tertiary/aromatic N) is 1. The summed E-state index contributed by atoms with van der Waals surface area (Å²) in [7, 11) is 0. The van der Waals surface area contributed by atoms with Crippen LogP contribution in [0.3, 0.4) is 0 Å². The Balaban J connectivity index is 2.16. The lowest BCUT2D eigenvalue weighted by Gasteiger charge is -2.05. The molecule has 3 rings (SSSR count). The van der Waals surface area contributed by atoms with Gasteiger partial charge in [-0.25, -0.2) is 4.79 Å². The van der Waals surface area contributed by atoms with Crippen LogP contribution in [-0.4, -0.2) is 6.26 Å². The Morgan fingerprint density at radius 1 is 1.12 bits per heavy atom. The standard InChI is InChI=1S/C20H15NO2S/c1-13-3-10-19-17(11-13)16(18(12-21)20(22)23-19)9-6-14-4-7-15(24-2)8-5-14/h3-11H,1-2H3/b9-6-. The normalized spacial score (nSPS) is 11.0. The molecule has 0 fully saturated rings. The molecule has 0 aliphatic carbocycles. The summed E-state index contributed by atoms with van der Waals surface area (Å²) >= 11 is 1.68. The monoisotopic (exact) mass is 333 g/mol. The first-order valence-corrected chi connectivity index (χ1v) is 8.64. The van der Waals surface area contributed by atoms with E-state index in [2.05, 4.69) is 0 Å². The molecule has 0 unspecified atom stereocenters. The molecule has 0 amide bonds. The molecule has 3 aromatic rings. The maximum absolute atomic E-state index is 12.0. The number of fused-ring (bicyclic) bond motifs is 1. The van der Waals surface area contributed by atoms with Crippen molar-refractivity contribution in [3.05, 3.63) is 75.1 Å². The van der Waals surface area contributed by atoms with E-state index >= 15 is 0 Å². The molecule has 4 heteroatoms. The van der Waals surface area contributed by atoms with Crippen LogP contribution in [0.2, 0.25) is 0 Å². The van der Waals surface area contributed by atoms with Crippen LogP contribution in [0.1, 0.15) is 22.3 Å². The molecule has 2 aromatic carbocycles. The Morgan fingerprint density at radius 3 is 2.54 bits per heavy atom. The van der Waals surface area contributed by atoms with Gasteiger partial charge in [-0.1, -0.05) is 35.9 Å². The van der Waals surface area contributed by atoms with Crippen molar-refractivity contribution in [3.8, 4) is 6.07 Å². The molecule has 0 saturated heterocycles. The number of rotatable bonds is 3. The molecule has 0 aliphatic heterocycles. The third kappa shape index (κ3) is 3.12. The third-order valence-electron chi connectivity index (χ3n) is 3.77. The van der Waals surface area contributed by atoms with Crippen LogP contribution in [0.5, 0.6) is 0 Å². The first kappa shape index (κ1) is 16.1. The minimum Gasteiger partial charge on any atom is -0.422 e. The predicted octanol–water partition coefficient (Wildman–Crippen LogP) is 4.87. The second-order valence-electron chi connectivity index (χ2n) is 5.40. The fourth-order valence-corrected chi connectivity index (χ4v) is 2.92. The Hall–Kier alpha value is -2.77. The van der Waals surface area contributed by atoms with Crippen LogP contribution < -0.4 is 5.63 Å². The minimum atomic E-state index is -0.605. The molecule has 1 aromatic heterocycles. The fraction of sp³-hybridized carbons (Fsp3) is 0.100. The van der Waals surface area contributed by atoms with E-state index < -0.39 is 5.63 Å². The van der Waals surface area contributed by atoms with Gasteiger partial charge in [-0.05, 0) is 43.0 Å². The predicted molar refractivity (Wildman–Crippen MR) is 99.1 cm³/mol. The summed E-state index contributed by atoms with van der Waals surface area (Å²) in [6.45, 7) is 1.96. The van der Waals surface area contributed by atoms with E-state index in [1.165, 1.54) is 4.90 Å². The quantitative estimate of drug-likeness (QED) is 0.507. The van der Waals surface area contributed by atoms with Gasteiger partial charge in [-0.2, -0.15) is 5.26 Å².